The van der Waals surface area contributed by atoms with Crippen LogP contribution in [0.5, 0.6) is 0 Å². The van der Waals surface area contributed by atoms with Crippen molar-refractivity contribution in [3.05, 3.63) is 35.4 Å². The van der Waals surface area contributed by atoms with Gasteiger partial charge in [0.15, 0.2) is 0 Å². The topological polar surface area (TPSA) is 12.0 Å². The molecule has 1 nitrogen and oxygen atoms in total. The molecule has 2 rings (SSSR count). The van der Waals surface area contributed by atoms with E-state index in [1.165, 1.54) is 6.07 Å². The van der Waals surface area contributed by atoms with Crippen LogP contribution in [0.1, 0.15) is 50.7 Å². The van der Waals surface area contributed by atoms with Crippen molar-refractivity contribution in [1.29, 1.82) is 0 Å². The van der Waals surface area contributed by atoms with Gasteiger partial charge in [0, 0.05) is 11.1 Å². The zero-order chi connectivity index (χ0) is 13.3. The maximum atomic E-state index is 12.6. The van der Waals surface area contributed by atoms with E-state index in [-0.39, 0.29) is 11.1 Å². The Morgan fingerprint density at radius 3 is 2.67 bits per heavy atom. The van der Waals surface area contributed by atoms with Crippen LogP contribution in [0.15, 0.2) is 24.3 Å². The molecular formula is C15H21F2N. The van der Waals surface area contributed by atoms with Crippen LogP contribution in [-0.4, -0.2) is 12.1 Å². The minimum Gasteiger partial charge on any atom is -0.312 e. The van der Waals surface area contributed by atoms with Gasteiger partial charge in [-0.25, -0.2) is 8.78 Å². The van der Waals surface area contributed by atoms with Gasteiger partial charge in [-0.1, -0.05) is 18.2 Å². The number of rotatable bonds is 4. The molecule has 1 fully saturated rings. The summed E-state index contributed by atoms with van der Waals surface area (Å²) in [4.78, 5) is 0. The quantitative estimate of drug-likeness (QED) is 0.851. The van der Waals surface area contributed by atoms with Gasteiger partial charge in [0.1, 0.15) is 0 Å². The van der Waals surface area contributed by atoms with Crippen molar-refractivity contribution < 1.29 is 8.78 Å². The van der Waals surface area contributed by atoms with Crippen LogP contribution in [0.3, 0.4) is 0 Å². The second kappa shape index (κ2) is 4.96. The average molecular weight is 253 g/mol. The zero-order valence-electron chi connectivity index (χ0n) is 11.2. The monoisotopic (exact) mass is 253 g/mol. The minimum atomic E-state index is -2.37. The average Bonchev–Trinajstić information content (AvgIpc) is 3.05. The molecule has 2 atom stereocenters. The Balaban J connectivity index is 1.93. The predicted octanol–water partition coefficient (Wildman–Crippen LogP) is 4.12. The highest BCUT2D eigenvalue weighted by Crippen LogP contribution is 2.47. The first-order valence-electron chi connectivity index (χ1n) is 6.50. The van der Waals surface area contributed by atoms with Gasteiger partial charge in [-0.05, 0) is 57.2 Å². The van der Waals surface area contributed by atoms with Crippen molar-refractivity contribution in [2.45, 2.75) is 45.1 Å². The Bertz CT molecular complexity index is 409. The molecule has 1 aromatic rings. The summed E-state index contributed by atoms with van der Waals surface area (Å²) in [7, 11) is 0. The Kier molecular flexibility index (Phi) is 3.71. The number of nitrogens with one attached hydrogen (secondary N) is 1. The Hall–Kier alpha value is -0.960. The van der Waals surface area contributed by atoms with Crippen LogP contribution in [0.25, 0.3) is 0 Å². The minimum absolute atomic E-state index is 0.123. The van der Waals surface area contributed by atoms with Gasteiger partial charge in [0.05, 0.1) is 0 Å². The Morgan fingerprint density at radius 1 is 1.33 bits per heavy atom. The predicted molar refractivity (Wildman–Crippen MR) is 70.0 cm³/mol. The highest BCUT2D eigenvalue weighted by molar-refractivity contribution is 5.31. The van der Waals surface area contributed by atoms with Gasteiger partial charge < -0.3 is 5.32 Å². The third kappa shape index (κ3) is 3.52. The van der Waals surface area contributed by atoms with Crippen LogP contribution in [0.4, 0.5) is 8.78 Å². The van der Waals surface area contributed by atoms with Crippen molar-refractivity contribution in [1.82, 2.24) is 5.32 Å². The smallest absolute Gasteiger partial charge is 0.263 e. The van der Waals surface area contributed by atoms with Crippen molar-refractivity contribution in [2.75, 3.05) is 6.54 Å². The lowest BCUT2D eigenvalue weighted by molar-refractivity contribution is 0.151. The van der Waals surface area contributed by atoms with Crippen LogP contribution in [-0.2, 0) is 0 Å². The Morgan fingerprint density at radius 2 is 2.06 bits per heavy atom. The lowest BCUT2D eigenvalue weighted by atomic mass is 10.0. The van der Waals surface area contributed by atoms with E-state index >= 15 is 0 Å². The second-order valence-electron chi connectivity index (χ2n) is 6.20. The zero-order valence-corrected chi connectivity index (χ0v) is 11.2. The summed E-state index contributed by atoms with van der Waals surface area (Å²) in [6, 6.07) is 6.86. The molecule has 100 valence electrons. The molecule has 1 aromatic carbocycles. The first-order chi connectivity index (χ1) is 8.37. The van der Waals surface area contributed by atoms with Crippen LogP contribution in [0.2, 0.25) is 0 Å². The van der Waals surface area contributed by atoms with Gasteiger partial charge in [-0.15, -0.1) is 0 Å². The molecule has 0 aromatic heterocycles. The lowest BCUT2D eigenvalue weighted by Crippen LogP contribution is -2.37. The molecule has 0 spiro atoms. The molecule has 1 aliphatic rings. The van der Waals surface area contributed by atoms with E-state index in [0.717, 1.165) is 18.5 Å². The summed E-state index contributed by atoms with van der Waals surface area (Å²) in [5.74, 6) is 1.05. The SMILES string of the molecule is CC(C)(C)NCC1CC1c1cccc(C(F)F)c1. The van der Waals surface area contributed by atoms with Crippen molar-refractivity contribution in [3.8, 4) is 0 Å². The molecule has 1 aliphatic carbocycles. The van der Waals surface area contributed by atoms with E-state index < -0.39 is 6.43 Å². The van der Waals surface area contributed by atoms with Crippen LogP contribution in [0, 0.1) is 5.92 Å². The van der Waals surface area contributed by atoms with Crippen molar-refractivity contribution in [2.24, 2.45) is 5.92 Å². The third-order valence-corrected chi connectivity index (χ3v) is 3.41. The fraction of sp³-hybridized carbons (Fsp3) is 0.600. The van der Waals surface area contributed by atoms with Crippen LogP contribution >= 0.6 is 0 Å². The van der Waals surface area contributed by atoms with Gasteiger partial charge in [-0.2, -0.15) is 0 Å². The molecule has 0 amide bonds. The first-order valence-corrected chi connectivity index (χ1v) is 6.50. The van der Waals surface area contributed by atoms with Gasteiger partial charge in [-0.3, -0.25) is 0 Å². The molecule has 0 radical (unpaired) electrons. The van der Waals surface area contributed by atoms with E-state index in [1.807, 2.05) is 6.07 Å². The molecule has 2 unspecified atom stereocenters. The van der Waals surface area contributed by atoms with Gasteiger partial charge in [0.25, 0.3) is 6.43 Å². The first kappa shape index (κ1) is 13.5. The summed E-state index contributed by atoms with van der Waals surface area (Å²) in [5, 5.41) is 3.47. The lowest BCUT2D eigenvalue weighted by Gasteiger charge is -2.20. The molecule has 0 saturated heterocycles. The fourth-order valence-electron chi connectivity index (χ4n) is 2.24. The molecule has 0 bridgehead atoms. The standard InChI is InChI=1S/C15H21F2N/c1-15(2,3)18-9-12-8-13(12)10-5-4-6-11(7-10)14(16)17/h4-7,12-14,18H,8-9H2,1-3H3. The summed E-state index contributed by atoms with van der Waals surface area (Å²) < 4.78 is 25.2. The molecule has 3 heteroatoms. The third-order valence-electron chi connectivity index (χ3n) is 3.41. The fourth-order valence-corrected chi connectivity index (χ4v) is 2.24. The number of alkyl halides is 2. The summed E-state index contributed by atoms with van der Waals surface area (Å²) >= 11 is 0. The highest BCUT2D eigenvalue weighted by atomic mass is 19.3. The van der Waals surface area contributed by atoms with Gasteiger partial charge in [0.2, 0.25) is 0 Å². The Labute approximate surface area is 108 Å². The number of hydrogen-bond acceptors (Lipinski definition) is 1. The molecule has 0 heterocycles. The molecular weight excluding hydrogens is 232 g/mol. The summed E-state index contributed by atoms with van der Waals surface area (Å²) in [6.07, 6.45) is -1.26. The van der Waals surface area contributed by atoms with E-state index in [1.54, 1.807) is 12.1 Å². The second-order valence-corrected chi connectivity index (χ2v) is 6.20. The summed E-state index contributed by atoms with van der Waals surface area (Å²) in [6.45, 7) is 7.39. The molecule has 0 aliphatic heterocycles. The van der Waals surface area contributed by atoms with E-state index in [0.29, 0.717) is 11.8 Å². The van der Waals surface area contributed by atoms with Crippen molar-refractivity contribution >= 4 is 0 Å². The van der Waals surface area contributed by atoms with E-state index in [2.05, 4.69) is 26.1 Å². The van der Waals surface area contributed by atoms with Crippen LogP contribution < -0.4 is 5.32 Å². The molecule has 18 heavy (non-hydrogen) atoms. The van der Waals surface area contributed by atoms with E-state index in [4.69, 9.17) is 0 Å². The largest absolute Gasteiger partial charge is 0.312 e. The maximum absolute atomic E-state index is 12.6. The van der Waals surface area contributed by atoms with Gasteiger partial charge >= 0.3 is 0 Å². The highest BCUT2D eigenvalue weighted by Gasteiger charge is 2.38. The maximum Gasteiger partial charge on any atom is 0.263 e. The number of hydrogen-bond donors (Lipinski definition) is 1. The molecule has 1 saturated carbocycles. The molecule has 1 N–H and O–H groups in total. The normalized spacial score (nSPS) is 23.4. The number of benzene rings is 1. The van der Waals surface area contributed by atoms with E-state index in [9.17, 15) is 8.78 Å². The number of halogens is 2. The summed E-state index contributed by atoms with van der Waals surface area (Å²) in [5.41, 5.74) is 1.33. The van der Waals surface area contributed by atoms with Crippen molar-refractivity contribution in [3.63, 3.8) is 0 Å².